The van der Waals surface area contributed by atoms with Crippen molar-refractivity contribution in [3.63, 3.8) is 0 Å². The van der Waals surface area contributed by atoms with Crippen molar-refractivity contribution in [1.29, 1.82) is 0 Å². The van der Waals surface area contributed by atoms with Crippen LogP contribution in [-0.4, -0.2) is 46.7 Å². The lowest BCUT2D eigenvalue weighted by Gasteiger charge is -2.17. The highest BCUT2D eigenvalue weighted by Gasteiger charge is 2.30. The molecule has 0 aliphatic heterocycles. The second-order valence-corrected chi connectivity index (χ2v) is 6.03. The van der Waals surface area contributed by atoms with Gasteiger partial charge < -0.3 is 25.6 Å². The smallest absolute Gasteiger partial charge is 0.256 e. The van der Waals surface area contributed by atoms with Gasteiger partial charge in [-0.25, -0.2) is 0 Å². The molecule has 2 atom stereocenters. The molecule has 0 spiro atoms. The lowest BCUT2D eigenvalue weighted by atomic mass is 10.1. The average Bonchev–Trinajstić information content (AvgIpc) is 2.69. The maximum Gasteiger partial charge on any atom is 0.256 e. The predicted molar refractivity (Wildman–Crippen MR) is 102 cm³/mol. The van der Waals surface area contributed by atoms with Crippen LogP contribution in [0, 0.1) is 0 Å². The Bertz CT molecular complexity index is 740. The first-order valence-corrected chi connectivity index (χ1v) is 8.88. The number of aliphatic hydroxyl groups is 2. The third-order valence-corrected chi connectivity index (χ3v) is 3.81. The highest BCUT2D eigenvalue weighted by Crippen LogP contribution is 2.22. The van der Waals surface area contributed by atoms with Crippen molar-refractivity contribution < 1.29 is 24.5 Å². The molecule has 0 radical (unpaired) electrons. The van der Waals surface area contributed by atoms with E-state index in [0.29, 0.717) is 29.5 Å². The summed E-state index contributed by atoms with van der Waals surface area (Å²) in [4.78, 5) is 23.7. The summed E-state index contributed by atoms with van der Waals surface area (Å²) in [5.41, 5.74) is 0.384. The third-order valence-electron chi connectivity index (χ3n) is 3.55. The first-order valence-electron chi connectivity index (χ1n) is 8.35. The monoisotopic (exact) mass is 392 g/mol. The number of aliphatic hydroxyl groups excluding tert-OH is 2. The molecule has 27 heavy (non-hydrogen) atoms. The summed E-state index contributed by atoms with van der Waals surface area (Å²) in [5, 5.41) is 24.4. The molecule has 0 bridgehead atoms. The number of hydrogen-bond donors (Lipinski definition) is 4. The number of benzene rings is 2. The SMILES string of the molecule is O=C(NCCCCl)[C@H](O)[C@@H](O)C(=O)Nc1ccc(Oc2ccccc2)cc1. The minimum Gasteiger partial charge on any atom is -0.457 e. The van der Waals surface area contributed by atoms with E-state index < -0.39 is 24.0 Å². The highest BCUT2D eigenvalue weighted by molar-refractivity contribution is 6.17. The van der Waals surface area contributed by atoms with Crippen molar-refractivity contribution in [2.45, 2.75) is 18.6 Å². The second-order valence-electron chi connectivity index (χ2n) is 5.65. The first-order chi connectivity index (χ1) is 13.0. The predicted octanol–water partition coefficient (Wildman–Crippen LogP) is 1.88. The molecule has 144 valence electrons. The van der Waals surface area contributed by atoms with Gasteiger partial charge in [-0.3, -0.25) is 9.59 Å². The van der Waals surface area contributed by atoms with Crippen LogP contribution in [0.4, 0.5) is 5.69 Å². The van der Waals surface area contributed by atoms with E-state index in [1.807, 2.05) is 30.3 Å². The molecule has 2 rings (SSSR count). The topological polar surface area (TPSA) is 108 Å². The summed E-state index contributed by atoms with van der Waals surface area (Å²) in [6.07, 6.45) is -3.26. The van der Waals surface area contributed by atoms with Crippen LogP contribution in [0.5, 0.6) is 11.5 Å². The number of anilines is 1. The number of halogens is 1. The van der Waals surface area contributed by atoms with Gasteiger partial charge in [-0.1, -0.05) is 18.2 Å². The second kappa shape index (κ2) is 10.5. The van der Waals surface area contributed by atoms with Gasteiger partial charge in [0.2, 0.25) is 0 Å². The number of nitrogens with one attached hydrogen (secondary N) is 2. The molecule has 2 aromatic rings. The van der Waals surface area contributed by atoms with E-state index in [4.69, 9.17) is 16.3 Å². The molecule has 0 aliphatic rings. The summed E-state index contributed by atoms with van der Waals surface area (Å²) in [7, 11) is 0. The van der Waals surface area contributed by atoms with Gasteiger partial charge in [0.25, 0.3) is 11.8 Å². The number of carbonyl (C=O) groups excluding carboxylic acids is 2. The van der Waals surface area contributed by atoms with Crippen LogP contribution in [0.25, 0.3) is 0 Å². The van der Waals surface area contributed by atoms with E-state index in [1.54, 1.807) is 24.3 Å². The van der Waals surface area contributed by atoms with Gasteiger partial charge >= 0.3 is 0 Å². The van der Waals surface area contributed by atoms with Gasteiger partial charge in [0.15, 0.2) is 12.2 Å². The fraction of sp³-hybridized carbons (Fsp3) is 0.263. The summed E-state index contributed by atoms with van der Waals surface area (Å²) < 4.78 is 5.64. The summed E-state index contributed by atoms with van der Waals surface area (Å²) in [5.74, 6) is -0.142. The number of hydrogen-bond acceptors (Lipinski definition) is 5. The van der Waals surface area contributed by atoms with Crippen LogP contribution in [0.15, 0.2) is 54.6 Å². The van der Waals surface area contributed by atoms with Gasteiger partial charge in [-0.05, 0) is 42.8 Å². The Hall–Kier alpha value is -2.61. The van der Waals surface area contributed by atoms with Crippen molar-refractivity contribution in [1.82, 2.24) is 5.32 Å². The number of alkyl halides is 1. The lowest BCUT2D eigenvalue weighted by molar-refractivity contribution is -0.143. The molecule has 4 N–H and O–H groups in total. The fourth-order valence-corrected chi connectivity index (χ4v) is 2.25. The molecule has 0 saturated carbocycles. The van der Waals surface area contributed by atoms with Gasteiger partial charge in [0.05, 0.1) is 0 Å². The zero-order chi connectivity index (χ0) is 19.6. The molecular formula is C19H21ClN2O5. The summed E-state index contributed by atoms with van der Waals surface area (Å²) in [6, 6.07) is 15.6. The lowest BCUT2D eigenvalue weighted by Crippen LogP contribution is -2.47. The number of ether oxygens (including phenoxy) is 1. The molecule has 7 nitrogen and oxygen atoms in total. The Morgan fingerprint density at radius 3 is 2.15 bits per heavy atom. The molecule has 0 aliphatic carbocycles. The van der Waals surface area contributed by atoms with E-state index in [9.17, 15) is 19.8 Å². The van der Waals surface area contributed by atoms with Crippen molar-refractivity contribution >= 4 is 29.1 Å². The molecule has 0 saturated heterocycles. The molecular weight excluding hydrogens is 372 g/mol. The number of rotatable bonds is 9. The van der Waals surface area contributed by atoms with E-state index in [2.05, 4.69) is 10.6 Å². The molecule has 8 heteroatoms. The van der Waals surface area contributed by atoms with Gasteiger partial charge in [0.1, 0.15) is 11.5 Å². The van der Waals surface area contributed by atoms with Crippen molar-refractivity contribution in [3.05, 3.63) is 54.6 Å². The summed E-state index contributed by atoms with van der Waals surface area (Å²) in [6.45, 7) is 0.247. The zero-order valence-electron chi connectivity index (χ0n) is 14.5. The highest BCUT2D eigenvalue weighted by atomic mass is 35.5. The Morgan fingerprint density at radius 1 is 0.926 bits per heavy atom. The average molecular weight is 393 g/mol. The zero-order valence-corrected chi connectivity index (χ0v) is 15.2. The largest absolute Gasteiger partial charge is 0.457 e. The minimum atomic E-state index is -1.90. The fourth-order valence-electron chi connectivity index (χ4n) is 2.12. The van der Waals surface area contributed by atoms with Gasteiger partial charge in [-0.15, -0.1) is 11.6 Å². The summed E-state index contributed by atoms with van der Waals surface area (Å²) >= 11 is 5.49. The van der Waals surface area contributed by atoms with Crippen LogP contribution in [0.1, 0.15) is 6.42 Å². The first kappa shape index (κ1) is 20.7. The Morgan fingerprint density at radius 2 is 1.52 bits per heavy atom. The van der Waals surface area contributed by atoms with E-state index in [0.717, 1.165) is 0 Å². The van der Waals surface area contributed by atoms with E-state index in [1.165, 1.54) is 0 Å². The van der Waals surface area contributed by atoms with Crippen LogP contribution >= 0.6 is 11.6 Å². The quantitative estimate of drug-likeness (QED) is 0.385. The maximum absolute atomic E-state index is 12.0. The maximum atomic E-state index is 12.0. The van der Waals surface area contributed by atoms with Crippen molar-refractivity contribution in [3.8, 4) is 11.5 Å². The normalized spacial score (nSPS) is 12.7. The van der Waals surface area contributed by atoms with Crippen molar-refractivity contribution in [2.24, 2.45) is 0 Å². The molecule has 2 amide bonds. The van der Waals surface area contributed by atoms with E-state index in [-0.39, 0.29) is 6.54 Å². The van der Waals surface area contributed by atoms with E-state index >= 15 is 0 Å². The molecule has 0 unspecified atom stereocenters. The standard InChI is InChI=1S/C19H21ClN2O5/c20-11-4-12-21-18(25)16(23)17(24)19(26)22-13-7-9-15(10-8-13)27-14-5-2-1-3-6-14/h1-3,5-10,16-17,23-24H,4,11-12H2,(H,21,25)(H,22,26)/t16-,17-/m1/s1. The van der Waals surface area contributed by atoms with Crippen LogP contribution in [0.2, 0.25) is 0 Å². The Balaban J connectivity index is 1.88. The van der Waals surface area contributed by atoms with Gasteiger partial charge in [-0.2, -0.15) is 0 Å². The number of para-hydroxylation sites is 1. The molecule has 2 aromatic carbocycles. The number of carbonyl (C=O) groups is 2. The van der Waals surface area contributed by atoms with Crippen LogP contribution in [-0.2, 0) is 9.59 Å². The number of amides is 2. The van der Waals surface area contributed by atoms with Crippen molar-refractivity contribution in [2.75, 3.05) is 17.7 Å². The van der Waals surface area contributed by atoms with Gasteiger partial charge in [0, 0.05) is 18.1 Å². The molecule has 0 fully saturated rings. The molecule has 0 aromatic heterocycles. The minimum absolute atomic E-state index is 0.247. The molecule has 0 heterocycles. The van der Waals surface area contributed by atoms with Crippen LogP contribution < -0.4 is 15.4 Å². The Labute approximate surface area is 161 Å². The third kappa shape index (κ3) is 6.56. The van der Waals surface area contributed by atoms with Crippen LogP contribution in [0.3, 0.4) is 0 Å². The Kier molecular flexibility index (Phi) is 8.06.